The number of carbonyl (C=O) groups is 1. The number of nitrogens with one attached hydrogen (secondary N) is 2. The van der Waals surface area contributed by atoms with Crippen LogP contribution >= 0.6 is 11.3 Å². The largest absolute Gasteiger partial charge is 0.355 e. The molecule has 0 saturated heterocycles. The number of aryl methyl sites for hydroxylation is 1. The van der Waals surface area contributed by atoms with Crippen molar-refractivity contribution in [2.24, 2.45) is 0 Å². The van der Waals surface area contributed by atoms with E-state index in [0.717, 1.165) is 18.5 Å². The van der Waals surface area contributed by atoms with Gasteiger partial charge >= 0.3 is 0 Å². The summed E-state index contributed by atoms with van der Waals surface area (Å²) < 4.78 is 0. The van der Waals surface area contributed by atoms with Crippen molar-refractivity contribution in [1.82, 2.24) is 10.6 Å². The third kappa shape index (κ3) is 4.16. The number of amides is 1. The van der Waals surface area contributed by atoms with E-state index in [-0.39, 0.29) is 5.91 Å². The van der Waals surface area contributed by atoms with Crippen molar-refractivity contribution in [3.8, 4) is 0 Å². The van der Waals surface area contributed by atoms with E-state index in [2.05, 4.69) is 42.0 Å². The Balaban J connectivity index is 1.89. The highest BCUT2D eigenvalue weighted by Gasteiger charge is 2.09. The molecule has 0 aliphatic carbocycles. The van der Waals surface area contributed by atoms with Crippen molar-refractivity contribution in [1.29, 1.82) is 0 Å². The zero-order chi connectivity index (χ0) is 15.2. The Morgan fingerprint density at radius 1 is 1.33 bits per heavy atom. The number of rotatable bonds is 6. The van der Waals surface area contributed by atoms with Gasteiger partial charge in [0.2, 0.25) is 0 Å². The predicted molar refractivity (Wildman–Crippen MR) is 89.0 cm³/mol. The topological polar surface area (TPSA) is 41.1 Å². The van der Waals surface area contributed by atoms with Gasteiger partial charge in [0.1, 0.15) is 0 Å². The molecule has 112 valence electrons. The minimum Gasteiger partial charge on any atom is -0.355 e. The molecule has 0 aliphatic heterocycles. The van der Waals surface area contributed by atoms with E-state index in [1.807, 2.05) is 18.2 Å². The van der Waals surface area contributed by atoms with E-state index < -0.39 is 0 Å². The van der Waals surface area contributed by atoms with E-state index in [1.165, 1.54) is 16.0 Å². The molecule has 2 rings (SSSR count). The molecule has 4 heteroatoms. The Kier molecular flexibility index (Phi) is 5.53. The SMILES string of the molecule is CNC(=O)c1cccc(CCN[C@@H](C)c2sccc2C)c1. The van der Waals surface area contributed by atoms with Crippen LogP contribution in [0.25, 0.3) is 0 Å². The Morgan fingerprint density at radius 3 is 2.81 bits per heavy atom. The molecule has 2 N–H and O–H groups in total. The molecular formula is C17H22N2OS. The molecule has 1 amide bonds. The van der Waals surface area contributed by atoms with Gasteiger partial charge in [0, 0.05) is 23.5 Å². The van der Waals surface area contributed by atoms with Crippen molar-refractivity contribution < 1.29 is 4.79 Å². The van der Waals surface area contributed by atoms with Gasteiger partial charge in [0.05, 0.1) is 0 Å². The van der Waals surface area contributed by atoms with Gasteiger partial charge < -0.3 is 10.6 Å². The summed E-state index contributed by atoms with van der Waals surface area (Å²) in [5.74, 6) is -0.0348. The van der Waals surface area contributed by atoms with E-state index in [4.69, 9.17) is 0 Å². The lowest BCUT2D eigenvalue weighted by Gasteiger charge is -2.13. The van der Waals surface area contributed by atoms with Crippen LogP contribution in [0.4, 0.5) is 0 Å². The second-order valence-electron chi connectivity index (χ2n) is 5.17. The van der Waals surface area contributed by atoms with E-state index in [0.29, 0.717) is 6.04 Å². The lowest BCUT2D eigenvalue weighted by atomic mass is 10.1. The third-order valence-corrected chi connectivity index (χ3v) is 4.78. The van der Waals surface area contributed by atoms with Crippen molar-refractivity contribution in [2.75, 3.05) is 13.6 Å². The molecule has 2 aromatic rings. The minimum absolute atomic E-state index is 0.0348. The quantitative estimate of drug-likeness (QED) is 0.859. The first-order valence-electron chi connectivity index (χ1n) is 7.20. The summed E-state index contributed by atoms with van der Waals surface area (Å²) in [6.07, 6.45) is 0.916. The molecule has 1 aromatic carbocycles. The molecule has 1 heterocycles. The van der Waals surface area contributed by atoms with Crippen LogP contribution in [0.5, 0.6) is 0 Å². The fourth-order valence-electron chi connectivity index (χ4n) is 2.37. The number of thiophene rings is 1. The van der Waals surface area contributed by atoms with Crippen LogP contribution in [0.15, 0.2) is 35.7 Å². The Labute approximate surface area is 130 Å². The average molecular weight is 302 g/mol. The molecule has 21 heavy (non-hydrogen) atoms. The molecule has 0 saturated carbocycles. The lowest BCUT2D eigenvalue weighted by molar-refractivity contribution is 0.0963. The number of benzene rings is 1. The zero-order valence-corrected chi connectivity index (χ0v) is 13.6. The summed E-state index contributed by atoms with van der Waals surface area (Å²) in [6, 6.07) is 10.3. The molecule has 0 spiro atoms. The second kappa shape index (κ2) is 7.38. The van der Waals surface area contributed by atoms with Gasteiger partial charge in [-0.2, -0.15) is 0 Å². The molecule has 0 bridgehead atoms. The van der Waals surface area contributed by atoms with Gasteiger partial charge in [-0.1, -0.05) is 12.1 Å². The van der Waals surface area contributed by atoms with Gasteiger partial charge in [-0.3, -0.25) is 4.79 Å². The van der Waals surface area contributed by atoms with Crippen molar-refractivity contribution in [2.45, 2.75) is 26.3 Å². The zero-order valence-electron chi connectivity index (χ0n) is 12.8. The van der Waals surface area contributed by atoms with Crippen LogP contribution in [0, 0.1) is 6.92 Å². The Morgan fingerprint density at radius 2 is 2.14 bits per heavy atom. The van der Waals surface area contributed by atoms with Crippen molar-refractivity contribution in [3.63, 3.8) is 0 Å². The molecule has 1 aromatic heterocycles. The summed E-state index contributed by atoms with van der Waals surface area (Å²) >= 11 is 1.80. The van der Waals surface area contributed by atoms with E-state index in [9.17, 15) is 4.79 Å². The van der Waals surface area contributed by atoms with Crippen LogP contribution in [0.3, 0.4) is 0 Å². The van der Waals surface area contributed by atoms with Gasteiger partial charge in [0.25, 0.3) is 5.91 Å². The van der Waals surface area contributed by atoms with Gasteiger partial charge in [-0.05, 0) is 61.5 Å². The van der Waals surface area contributed by atoms with Crippen LogP contribution < -0.4 is 10.6 Å². The predicted octanol–water partition coefficient (Wildman–Crippen LogP) is 3.31. The van der Waals surface area contributed by atoms with Crippen LogP contribution in [-0.4, -0.2) is 19.5 Å². The molecule has 0 unspecified atom stereocenters. The van der Waals surface area contributed by atoms with E-state index >= 15 is 0 Å². The maximum absolute atomic E-state index is 11.6. The summed E-state index contributed by atoms with van der Waals surface area (Å²) in [4.78, 5) is 13.0. The lowest BCUT2D eigenvalue weighted by Crippen LogP contribution is -2.21. The normalized spacial score (nSPS) is 12.1. The van der Waals surface area contributed by atoms with Gasteiger partial charge in [-0.25, -0.2) is 0 Å². The number of carbonyl (C=O) groups excluding carboxylic acids is 1. The fourth-order valence-corrected chi connectivity index (χ4v) is 3.33. The highest BCUT2D eigenvalue weighted by Crippen LogP contribution is 2.23. The summed E-state index contributed by atoms with van der Waals surface area (Å²) in [7, 11) is 1.65. The average Bonchev–Trinajstić information content (AvgIpc) is 2.93. The van der Waals surface area contributed by atoms with Crippen LogP contribution in [-0.2, 0) is 6.42 Å². The van der Waals surface area contributed by atoms with E-state index in [1.54, 1.807) is 18.4 Å². The first-order valence-corrected chi connectivity index (χ1v) is 8.08. The second-order valence-corrected chi connectivity index (χ2v) is 6.12. The minimum atomic E-state index is -0.0348. The molecule has 0 fully saturated rings. The first-order chi connectivity index (χ1) is 10.1. The molecule has 1 atom stereocenters. The Hall–Kier alpha value is -1.65. The maximum atomic E-state index is 11.6. The molecular weight excluding hydrogens is 280 g/mol. The smallest absolute Gasteiger partial charge is 0.251 e. The molecule has 3 nitrogen and oxygen atoms in total. The van der Waals surface area contributed by atoms with Gasteiger partial charge in [0.15, 0.2) is 0 Å². The van der Waals surface area contributed by atoms with Crippen molar-refractivity contribution in [3.05, 3.63) is 57.3 Å². The molecule has 0 aliphatic rings. The Bertz CT molecular complexity index is 606. The number of hydrogen-bond donors (Lipinski definition) is 2. The fraction of sp³-hybridized carbons (Fsp3) is 0.353. The van der Waals surface area contributed by atoms with Crippen LogP contribution in [0.2, 0.25) is 0 Å². The van der Waals surface area contributed by atoms with Gasteiger partial charge in [-0.15, -0.1) is 11.3 Å². The summed E-state index contributed by atoms with van der Waals surface area (Å²) in [5, 5.41) is 8.34. The summed E-state index contributed by atoms with van der Waals surface area (Å²) in [5.41, 5.74) is 3.25. The highest BCUT2D eigenvalue weighted by atomic mass is 32.1. The first kappa shape index (κ1) is 15.7. The van der Waals surface area contributed by atoms with Crippen LogP contribution in [0.1, 0.15) is 39.3 Å². The number of hydrogen-bond acceptors (Lipinski definition) is 3. The third-order valence-electron chi connectivity index (χ3n) is 3.58. The molecule has 0 radical (unpaired) electrons. The summed E-state index contributed by atoms with van der Waals surface area (Å²) in [6.45, 7) is 5.24. The standard InChI is InChI=1S/C17H22N2OS/c1-12-8-10-21-16(12)13(2)19-9-7-14-5-4-6-15(11-14)17(20)18-3/h4-6,8,10-11,13,19H,7,9H2,1-3H3,(H,18,20)/t13-/m0/s1. The maximum Gasteiger partial charge on any atom is 0.251 e. The van der Waals surface area contributed by atoms with Crippen molar-refractivity contribution >= 4 is 17.2 Å². The highest BCUT2D eigenvalue weighted by molar-refractivity contribution is 7.10. The monoisotopic (exact) mass is 302 g/mol.